The minimum atomic E-state index is -1.02. The molecule has 3 aliphatic heterocycles. The molecule has 3 unspecified atom stereocenters. The van der Waals surface area contributed by atoms with E-state index in [0.29, 0.717) is 18.7 Å². The fraction of sp³-hybridized carbons (Fsp3) is 0.571. The number of ether oxygens (including phenoxy) is 1. The molecule has 2 aromatic rings. The van der Waals surface area contributed by atoms with Gasteiger partial charge in [0.1, 0.15) is 5.69 Å². The Bertz CT molecular complexity index is 977. The van der Waals surface area contributed by atoms with Crippen molar-refractivity contribution in [3.63, 3.8) is 0 Å². The zero-order valence-electron chi connectivity index (χ0n) is 16.8. The third-order valence-corrected chi connectivity index (χ3v) is 6.75. The third kappa shape index (κ3) is 3.12. The summed E-state index contributed by atoms with van der Waals surface area (Å²) in [6.07, 6.45) is 10.2. The van der Waals surface area contributed by atoms with Crippen LogP contribution >= 0.6 is 0 Å². The summed E-state index contributed by atoms with van der Waals surface area (Å²) in [4.78, 5) is 19.5. The van der Waals surface area contributed by atoms with Crippen LogP contribution in [-0.2, 0) is 9.53 Å². The number of anilines is 1. The number of nitriles is 1. The van der Waals surface area contributed by atoms with Crippen molar-refractivity contribution in [2.24, 2.45) is 5.41 Å². The Morgan fingerprint density at radius 2 is 2.07 bits per heavy atom. The lowest BCUT2D eigenvalue weighted by molar-refractivity contribution is -0.150. The van der Waals surface area contributed by atoms with Crippen LogP contribution in [0.25, 0.3) is 11.3 Å². The number of nitrogens with zero attached hydrogens (tertiary/aromatic N) is 6. The number of carbonyl (C=O) groups excluding carboxylic acids is 1. The summed E-state index contributed by atoms with van der Waals surface area (Å²) in [6.45, 7) is 0.839. The van der Waals surface area contributed by atoms with Crippen LogP contribution < -0.4 is 5.73 Å². The second-order valence-electron chi connectivity index (χ2n) is 8.66. The second-order valence-corrected chi connectivity index (χ2v) is 8.66. The fourth-order valence-electron chi connectivity index (χ4n) is 5.23. The Kier molecular flexibility index (Phi) is 4.66. The lowest BCUT2D eigenvalue weighted by atomic mass is 9.81. The second kappa shape index (κ2) is 7.36. The van der Waals surface area contributed by atoms with Gasteiger partial charge in [-0.2, -0.15) is 5.26 Å². The smallest absolute Gasteiger partial charge is 0.245 e. The van der Waals surface area contributed by atoms with Gasteiger partial charge in [0.05, 0.1) is 30.6 Å². The van der Waals surface area contributed by atoms with Crippen molar-refractivity contribution >= 4 is 11.6 Å². The molecular weight excluding hydrogens is 382 g/mol. The molecule has 1 amide bonds. The Hall–Kier alpha value is -2.99. The van der Waals surface area contributed by atoms with Crippen LogP contribution in [0.5, 0.6) is 0 Å². The van der Waals surface area contributed by atoms with Gasteiger partial charge in [-0.25, -0.2) is 4.68 Å². The highest BCUT2D eigenvalue weighted by Crippen LogP contribution is 2.44. The molecule has 9 nitrogen and oxygen atoms in total. The SMILES string of the molecule is N#CC1(C(=O)N2C3CCC2CC(n2cc(-c4cncc(N)c4)nn2)C3)CCCOC1. The molecule has 9 heteroatoms. The molecule has 156 valence electrons. The van der Waals surface area contributed by atoms with Crippen molar-refractivity contribution in [3.05, 3.63) is 24.7 Å². The monoisotopic (exact) mass is 407 g/mol. The number of aromatic nitrogens is 4. The number of hydrogen-bond acceptors (Lipinski definition) is 7. The van der Waals surface area contributed by atoms with E-state index in [0.717, 1.165) is 43.4 Å². The normalized spacial score (nSPS) is 30.8. The van der Waals surface area contributed by atoms with E-state index in [-0.39, 0.29) is 30.6 Å². The first kappa shape index (κ1) is 19.0. The van der Waals surface area contributed by atoms with Crippen molar-refractivity contribution in [2.45, 2.75) is 56.7 Å². The standard InChI is InChI=1S/C21H25N7O2/c22-12-21(4-1-5-30-13-21)20(29)28-16-2-3-17(28)8-18(7-16)27-11-19(25-26-27)14-6-15(23)10-24-9-14/h6,9-11,16-18H,1-5,7-8,13,23H2. The first-order chi connectivity index (χ1) is 14.6. The van der Waals surface area contributed by atoms with Crippen molar-refractivity contribution in [1.29, 1.82) is 5.26 Å². The molecule has 0 aromatic carbocycles. The van der Waals surface area contributed by atoms with Crippen LogP contribution in [-0.4, -0.2) is 56.1 Å². The molecular formula is C21H25N7O2. The lowest BCUT2D eigenvalue weighted by Crippen LogP contribution is -2.54. The number of nitrogen functional groups attached to an aromatic ring is 1. The zero-order valence-corrected chi connectivity index (χ0v) is 16.8. The van der Waals surface area contributed by atoms with Gasteiger partial charge >= 0.3 is 0 Å². The highest BCUT2D eigenvalue weighted by Gasteiger charge is 2.51. The van der Waals surface area contributed by atoms with Gasteiger partial charge < -0.3 is 15.4 Å². The van der Waals surface area contributed by atoms with Gasteiger partial charge in [-0.05, 0) is 44.6 Å². The Labute approximate surface area is 174 Å². The number of fused-ring (bicyclic) bond motifs is 2. The lowest BCUT2D eigenvalue weighted by Gasteiger charge is -2.43. The summed E-state index contributed by atoms with van der Waals surface area (Å²) >= 11 is 0. The molecule has 2 N–H and O–H groups in total. The van der Waals surface area contributed by atoms with Gasteiger partial charge in [0.2, 0.25) is 5.91 Å². The van der Waals surface area contributed by atoms with Crippen molar-refractivity contribution in [1.82, 2.24) is 24.9 Å². The average Bonchev–Trinajstić information content (AvgIpc) is 3.36. The third-order valence-electron chi connectivity index (χ3n) is 6.75. The van der Waals surface area contributed by atoms with Gasteiger partial charge in [0, 0.05) is 36.6 Å². The zero-order chi connectivity index (χ0) is 20.7. The molecule has 2 bridgehead atoms. The summed E-state index contributed by atoms with van der Waals surface area (Å²) in [5, 5.41) is 18.4. The number of nitrogens with two attached hydrogens (primary N) is 1. The molecule has 3 saturated heterocycles. The largest absolute Gasteiger partial charge is 0.397 e. The van der Waals surface area contributed by atoms with Crippen LogP contribution in [0, 0.1) is 16.7 Å². The van der Waals surface area contributed by atoms with E-state index in [1.165, 1.54) is 0 Å². The van der Waals surface area contributed by atoms with E-state index in [4.69, 9.17) is 10.5 Å². The van der Waals surface area contributed by atoms with Crippen LogP contribution in [0.15, 0.2) is 24.7 Å². The average molecular weight is 407 g/mol. The minimum absolute atomic E-state index is 0.0410. The molecule has 3 fully saturated rings. The highest BCUT2D eigenvalue weighted by molar-refractivity contribution is 5.86. The molecule has 3 aliphatic rings. The van der Waals surface area contributed by atoms with E-state index < -0.39 is 5.41 Å². The molecule has 5 heterocycles. The van der Waals surface area contributed by atoms with Crippen molar-refractivity contribution in [2.75, 3.05) is 18.9 Å². The van der Waals surface area contributed by atoms with Crippen LogP contribution in [0.3, 0.4) is 0 Å². The summed E-state index contributed by atoms with van der Waals surface area (Å²) in [6, 6.07) is 4.58. The van der Waals surface area contributed by atoms with Crippen LogP contribution in [0.2, 0.25) is 0 Å². The van der Waals surface area contributed by atoms with Crippen molar-refractivity contribution in [3.8, 4) is 17.3 Å². The maximum atomic E-state index is 13.4. The number of rotatable bonds is 3. The number of hydrogen-bond donors (Lipinski definition) is 1. The molecule has 2 aromatic heterocycles. The highest BCUT2D eigenvalue weighted by atomic mass is 16.5. The minimum Gasteiger partial charge on any atom is -0.397 e. The van der Waals surface area contributed by atoms with Gasteiger partial charge in [0.15, 0.2) is 5.41 Å². The molecule has 0 spiro atoms. The number of pyridine rings is 1. The first-order valence-corrected chi connectivity index (χ1v) is 10.5. The summed E-state index contributed by atoms with van der Waals surface area (Å²) in [5.74, 6) is -0.0410. The molecule has 0 aliphatic carbocycles. The van der Waals surface area contributed by atoms with Crippen LogP contribution in [0.4, 0.5) is 5.69 Å². The van der Waals surface area contributed by atoms with Crippen molar-refractivity contribution < 1.29 is 9.53 Å². The van der Waals surface area contributed by atoms with E-state index >= 15 is 0 Å². The maximum Gasteiger partial charge on any atom is 0.245 e. The quantitative estimate of drug-likeness (QED) is 0.824. The Morgan fingerprint density at radius 3 is 2.73 bits per heavy atom. The molecule has 5 rings (SSSR count). The predicted octanol–water partition coefficient (Wildman–Crippen LogP) is 1.94. The number of carbonyl (C=O) groups is 1. The van der Waals surface area contributed by atoms with E-state index in [9.17, 15) is 10.1 Å². The number of piperidine rings is 1. The molecule has 30 heavy (non-hydrogen) atoms. The Morgan fingerprint density at radius 1 is 1.27 bits per heavy atom. The fourth-order valence-corrected chi connectivity index (χ4v) is 5.23. The van der Waals surface area contributed by atoms with Crippen LogP contribution in [0.1, 0.15) is 44.6 Å². The van der Waals surface area contributed by atoms with E-state index in [2.05, 4.69) is 21.4 Å². The van der Waals surface area contributed by atoms with E-state index in [1.807, 2.05) is 21.8 Å². The molecule has 3 atom stereocenters. The molecule has 0 saturated carbocycles. The first-order valence-electron chi connectivity index (χ1n) is 10.5. The number of amides is 1. The van der Waals surface area contributed by atoms with E-state index in [1.54, 1.807) is 12.4 Å². The van der Waals surface area contributed by atoms with Gasteiger partial charge in [-0.3, -0.25) is 9.78 Å². The van der Waals surface area contributed by atoms with Gasteiger partial charge in [0.25, 0.3) is 0 Å². The molecule has 0 radical (unpaired) electrons. The van der Waals surface area contributed by atoms with Gasteiger partial charge in [-0.1, -0.05) is 5.21 Å². The summed E-state index contributed by atoms with van der Waals surface area (Å²) < 4.78 is 7.43. The topological polar surface area (TPSA) is 123 Å². The predicted molar refractivity (Wildman–Crippen MR) is 108 cm³/mol. The Balaban J connectivity index is 1.34. The summed E-state index contributed by atoms with van der Waals surface area (Å²) in [7, 11) is 0. The summed E-state index contributed by atoms with van der Waals surface area (Å²) in [5.41, 5.74) is 6.97. The van der Waals surface area contributed by atoms with Gasteiger partial charge in [-0.15, -0.1) is 5.10 Å². The maximum absolute atomic E-state index is 13.4.